The zero-order valence-electron chi connectivity index (χ0n) is 15.6. The highest BCUT2D eigenvalue weighted by Crippen LogP contribution is 2.27. The molecular weight excluding hydrogens is 354 g/mol. The van der Waals surface area contributed by atoms with Crippen LogP contribution in [0.25, 0.3) is 0 Å². The monoisotopic (exact) mass is 377 g/mol. The molecule has 0 saturated carbocycles. The Kier molecular flexibility index (Phi) is 6.92. The number of likely N-dealkylation sites (tertiary alicyclic amines) is 1. The van der Waals surface area contributed by atoms with Crippen molar-refractivity contribution in [2.24, 2.45) is 0 Å². The second-order valence-corrected chi connectivity index (χ2v) is 6.14. The Labute approximate surface area is 157 Å². The van der Waals surface area contributed by atoms with Gasteiger partial charge in [0.2, 0.25) is 0 Å². The van der Waals surface area contributed by atoms with Crippen LogP contribution in [-0.2, 0) is 19.1 Å². The first-order valence-corrected chi connectivity index (χ1v) is 8.81. The summed E-state index contributed by atoms with van der Waals surface area (Å²) < 4.78 is 15.1. The maximum absolute atomic E-state index is 13.0. The van der Waals surface area contributed by atoms with Gasteiger partial charge in [0.15, 0.2) is 0 Å². The van der Waals surface area contributed by atoms with Gasteiger partial charge in [0.1, 0.15) is 17.5 Å². The van der Waals surface area contributed by atoms with Crippen molar-refractivity contribution in [3.63, 3.8) is 0 Å². The van der Waals surface area contributed by atoms with E-state index in [0.717, 1.165) is 12.8 Å². The third kappa shape index (κ3) is 5.54. The highest BCUT2D eigenvalue weighted by Gasteiger charge is 2.34. The van der Waals surface area contributed by atoms with Gasteiger partial charge in [-0.2, -0.15) is 0 Å². The van der Waals surface area contributed by atoms with Crippen LogP contribution in [0.5, 0.6) is 11.5 Å². The molecule has 0 spiro atoms. The van der Waals surface area contributed by atoms with Crippen LogP contribution >= 0.6 is 0 Å². The first-order valence-electron chi connectivity index (χ1n) is 8.81. The van der Waals surface area contributed by atoms with Crippen molar-refractivity contribution in [3.8, 4) is 11.5 Å². The molecule has 146 valence electrons. The Morgan fingerprint density at radius 1 is 1.00 bits per heavy atom. The zero-order chi connectivity index (χ0) is 20.0. The fraction of sp³-hybridized carbons (Fsp3) is 0.474. The van der Waals surface area contributed by atoms with E-state index < -0.39 is 29.9 Å². The molecule has 8 nitrogen and oxygen atoms in total. The number of carbonyl (C=O) groups is 4. The number of rotatable bonds is 5. The first kappa shape index (κ1) is 20.4. The molecule has 0 N–H and O–H groups in total. The van der Waals surface area contributed by atoms with Gasteiger partial charge in [-0.05, 0) is 38.3 Å². The fourth-order valence-corrected chi connectivity index (χ4v) is 2.97. The minimum Gasteiger partial charge on any atom is -0.464 e. The van der Waals surface area contributed by atoms with E-state index in [1.165, 1.54) is 36.9 Å². The van der Waals surface area contributed by atoms with Crippen LogP contribution in [-0.4, -0.2) is 47.9 Å². The summed E-state index contributed by atoms with van der Waals surface area (Å²) >= 11 is 0. The molecule has 27 heavy (non-hydrogen) atoms. The molecule has 0 radical (unpaired) electrons. The van der Waals surface area contributed by atoms with Gasteiger partial charge >= 0.3 is 17.9 Å². The summed E-state index contributed by atoms with van der Waals surface area (Å²) in [7, 11) is 0. The van der Waals surface area contributed by atoms with E-state index in [0.29, 0.717) is 13.0 Å². The highest BCUT2D eigenvalue weighted by atomic mass is 16.5. The highest BCUT2D eigenvalue weighted by molar-refractivity contribution is 5.98. The van der Waals surface area contributed by atoms with Crippen molar-refractivity contribution in [1.82, 2.24) is 4.90 Å². The number of esters is 3. The Bertz CT molecular complexity index is 709. The molecule has 1 aliphatic rings. The molecule has 0 bridgehead atoms. The quantitative estimate of drug-likeness (QED) is 0.572. The Morgan fingerprint density at radius 2 is 1.59 bits per heavy atom. The zero-order valence-corrected chi connectivity index (χ0v) is 15.6. The molecule has 0 aliphatic carbocycles. The van der Waals surface area contributed by atoms with E-state index in [4.69, 9.17) is 14.2 Å². The van der Waals surface area contributed by atoms with Crippen LogP contribution in [0, 0.1) is 0 Å². The standard InChI is InChI=1S/C19H23NO7/c1-4-25-19(24)17-7-5-6-8-20(17)18(23)14-9-15(26-12(2)21)11-16(10-14)27-13(3)22/h9-11,17H,4-8H2,1-3H3. The molecule has 1 amide bonds. The molecule has 1 aromatic carbocycles. The van der Waals surface area contributed by atoms with E-state index in [9.17, 15) is 19.2 Å². The van der Waals surface area contributed by atoms with Gasteiger partial charge in [0.05, 0.1) is 6.61 Å². The van der Waals surface area contributed by atoms with Crippen LogP contribution in [0.2, 0.25) is 0 Å². The summed E-state index contributed by atoms with van der Waals surface area (Å²) in [6, 6.07) is 3.44. The summed E-state index contributed by atoms with van der Waals surface area (Å²) in [5, 5.41) is 0. The number of nitrogens with zero attached hydrogens (tertiary/aromatic N) is 1. The second kappa shape index (κ2) is 9.16. The predicted molar refractivity (Wildman–Crippen MR) is 94.4 cm³/mol. The van der Waals surface area contributed by atoms with E-state index in [1.807, 2.05) is 0 Å². The molecule has 1 aromatic rings. The lowest BCUT2D eigenvalue weighted by atomic mass is 10.0. The van der Waals surface area contributed by atoms with Gasteiger partial charge in [-0.25, -0.2) is 4.79 Å². The van der Waals surface area contributed by atoms with Crippen molar-refractivity contribution in [1.29, 1.82) is 0 Å². The van der Waals surface area contributed by atoms with E-state index in [1.54, 1.807) is 6.92 Å². The smallest absolute Gasteiger partial charge is 0.328 e. The first-order chi connectivity index (χ1) is 12.8. The maximum Gasteiger partial charge on any atom is 0.328 e. The van der Waals surface area contributed by atoms with Gasteiger partial charge in [0, 0.05) is 32.0 Å². The fourth-order valence-electron chi connectivity index (χ4n) is 2.97. The summed E-state index contributed by atoms with van der Waals surface area (Å²) in [5.41, 5.74) is 0.154. The van der Waals surface area contributed by atoms with Crippen LogP contribution in [0.15, 0.2) is 18.2 Å². The lowest BCUT2D eigenvalue weighted by molar-refractivity contribution is -0.149. The van der Waals surface area contributed by atoms with Gasteiger partial charge in [-0.1, -0.05) is 0 Å². The molecule has 1 atom stereocenters. The third-order valence-corrected chi connectivity index (χ3v) is 3.97. The van der Waals surface area contributed by atoms with Crippen LogP contribution < -0.4 is 9.47 Å². The molecule has 1 heterocycles. The van der Waals surface area contributed by atoms with Crippen LogP contribution in [0.1, 0.15) is 50.4 Å². The van der Waals surface area contributed by atoms with Crippen molar-refractivity contribution in [3.05, 3.63) is 23.8 Å². The SMILES string of the molecule is CCOC(=O)C1CCCCN1C(=O)c1cc(OC(C)=O)cc(OC(C)=O)c1. The molecule has 2 rings (SSSR count). The average Bonchev–Trinajstić information content (AvgIpc) is 2.60. The Hall–Kier alpha value is -2.90. The number of piperidine rings is 1. The summed E-state index contributed by atoms with van der Waals surface area (Å²) in [5.74, 6) is -1.85. The van der Waals surface area contributed by atoms with Crippen LogP contribution in [0.3, 0.4) is 0 Å². The average molecular weight is 377 g/mol. The number of ether oxygens (including phenoxy) is 3. The molecule has 1 fully saturated rings. The minimum absolute atomic E-state index is 0.0781. The minimum atomic E-state index is -0.666. The Morgan fingerprint density at radius 3 is 2.11 bits per heavy atom. The van der Waals surface area contributed by atoms with Gasteiger partial charge in [-0.3, -0.25) is 14.4 Å². The van der Waals surface area contributed by atoms with E-state index >= 15 is 0 Å². The van der Waals surface area contributed by atoms with Gasteiger partial charge in [-0.15, -0.1) is 0 Å². The molecule has 1 aliphatic heterocycles. The number of hydrogen-bond donors (Lipinski definition) is 0. The topological polar surface area (TPSA) is 99.2 Å². The number of benzene rings is 1. The van der Waals surface area contributed by atoms with E-state index in [-0.39, 0.29) is 23.7 Å². The number of hydrogen-bond acceptors (Lipinski definition) is 7. The largest absolute Gasteiger partial charge is 0.464 e. The Balaban J connectivity index is 2.35. The lowest BCUT2D eigenvalue weighted by Crippen LogP contribution is -2.48. The lowest BCUT2D eigenvalue weighted by Gasteiger charge is -2.34. The maximum atomic E-state index is 13.0. The summed E-state index contributed by atoms with van der Waals surface area (Å²) in [6.07, 6.45) is 2.10. The van der Waals surface area contributed by atoms with Gasteiger partial charge in [0.25, 0.3) is 5.91 Å². The second-order valence-electron chi connectivity index (χ2n) is 6.14. The molecule has 1 saturated heterocycles. The van der Waals surface area contributed by atoms with Crippen LogP contribution in [0.4, 0.5) is 0 Å². The van der Waals surface area contributed by atoms with E-state index in [2.05, 4.69) is 0 Å². The normalized spacial score (nSPS) is 16.4. The summed E-state index contributed by atoms with van der Waals surface area (Å²) in [4.78, 5) is 49.2. The number of carbonyl (C=O) groups excluding carboxylic acids is 4. The van der Waals surface area contributed by atoms with Crippen molar-refractivity contribution >= 4 is 23.8 Å². The third-order valence-electron chi connectivity index (χ3n) is 3.97. The van der Waals surface area contributed by atoms with Gasteiger partial charge < -0.3 is 19.1 Å². The van der Waals surface area contributed by atoms with Crippen molar-refractivity contribution in [2.75, 3.05) is 13.2 Å². The summed E-state index contributed by atoms with van der Waals surface area (Å²) in [6.45, 7) is 4.79. The predicted octanol–water partition coefficient (Wildman–Crippen LogP) is 2.09. The van der Waals surface area contributed by atoms with Crippen molar-refractivity contribution in [2.45, 2.75) is 46.1 Å². The molecular formula is C19H23NO7. The molecule has 8 heteroatoms. The van der Waals surface area contributed by atoms with Crippen molar-refractivity contribution < 1.29 is 33.4 Å². The molecule has 1 unspecified atom stereocenters. The number of amides is 1. The molecule has 0 aromatic heterocycles.